The van der Waals surface area contributed by atoms with E-state index >= 15 is 4.39 Å². The number of carbonyl (C=O) groups is 1. The smallest absolute Gasteiger partial charge is 0.277 e. The molecule has 36 heavy (non-hydrogen) atoms. The van der Waals surface area contributed by atoms with Crippen LogP contribution in [0.3, 0.4) is 0 Å². The van der Waals surface area contributed by atoms with E-state index in [9.17, 15) is 4.79 Å². The number of anilines is 2. The number of hydrogen-bond acceptors (Lipinski definition) is 7. The molecular weight excluding hydrogens is 489 g/mol. The van der Waals surface area contributed by atoms with Gasteiger partial charge >= 0.3 is 0 Å². The summed E-state index contributed by atoms with van der Waals surface area (Å²) in [5.41, 5.74) is 4.29. The maximum atomic E-state index is 15.8. The van der Waals surface area contributed by atoms with Crippen LogP contribution in [0.1, 0.15) is 28.8 Å². The number of ether oxygens (including phenoxy) is 1. The first-order valence-electron chi connectivity index (χ1n) is 12.0. The lowest BCUT2D eigenvalue weighted by Crippen LogP contribution is -2.36. The molecule has 0 unspecified atom stereocenters. The number of fused-ring (bicyclic) bond motifs is 1. The van der Waals surface area contributed by atoms with E-state index in [0.29, 0.717) is 22.8 Å². The topological polar surface area (TPSA) is 101 Å². The van der Waals surface area contributed by atoms with E-state index in [1.165, 1.54) is 0 Å². The molecule has 2 aromatic carbocycles. The van der Waals surface area contributed by atoms with Crippen molar-refractivity contribution >= 4 is 39.9 Å². The summed E-state index contributed by atoms with van der Waals surface area (Å²) >= 11 is 6.35. The minimum Gasteiger partial charge on any atom is -0.394 e. The Morgan fingerprint density at radius 3 is 2.78 bits per heavy atom. The van der Waals surface area contributed by atoms with E-state index in [1.807, 2.05) is 17.6 Å². The van der Waals surface area contributed by atoms with Crippen molar-refractivity contribution in [3.8, 4) is 0 Å². The molecule has 0 radical (unpaired) electrons. The largest absolute Gasteiger partial charge is 0.394 e. The molecule has 0 spiro atoms. The van der Waals surface area contributed by atoms with Crippen LogP contribution in [0.4, 0.5) is 15.8 Å². The van der Waals surface area contributed by atoms with Crippen molar-refractivity contribution in [2.24, 2.45) is 0 Å². The number of morpholine rings is 1. The summed E-state index contributed by atoms with van der Waals surface area (Å²) in [6.45, 7) is 6.56. The first-order valence-corrected chi connectivity index (χ1v) is 12.4. The van der Waals surface area contributed by atoms with Gasteiger partial charge in [-0.15, -0.1) is 0 Å². The second kappa shape index (κ2) is 12.5. The molecule has 0 aliphatic carbocycles. The van der Waals surface area contributed by atoms with Gasteiger partial charge in [-0.05, 0) is 50.1 Å². The highest BCUT2D eigenvalue weighted by Gasteiger charge is 2.23. The second-order valence-corrected chi connectivity index (χ2v) is 9.10. The second-order valence-electron chi connectivity index (χ2n) is 8.69. The molecule has 11 heteroatoms. The normalized spacial score (nSPS) is 14.3. The highest BCUT2D eigenvalue weighted by molar-refractivity contribution is 6.33. The molecule has 194 valence electrons. The average molecular weight is 520 g/mol. The number of carbonyl (C=O) groups excluding carboxylic acids is 1. The van der Waals surface area contributed by atoms with Crippen LogP contribution in [0.5, 0.6) is 0 Å². The summed E-state index contributed by atoms with van der Waals surface area (Å²) in [4.78, 5) is 24.6. The summed E-state index contributed by atoms with van der Waals surface area (Å²) in [7, 11) is 0. The van der Waals surface area contributed by atoms with E-state index in [-0.39, 0.29) is 30.0 Å². The number of imidazole rings is 1. The van der Waals surface area contributed by atoms with Gasteiger partial charge in [-0.1, -0.05) is 17.7 Å². The fraction of sp³-hybridized carbons (Fsp3) is 0.440. The van der Waals surface area contributed by atoms with E-state index in [2.05, 4.69) is 20.7 Å². The molecule has 3 N–H and O–H groups in total. The summed E-state index contributed by atoms with van der Waals surface area (Å²) < 4.78 is 23.0. The van der Waals surface area contributed by atoms with E-state index in [1.54, 1.807) is 24.5 Å². The fourth-order valence-corrected chi connectivity index (χ4v) is 4.44. The SMILES string of the molecule is Cc1ccc(Nc2c(C(=O)NOCCO)cc3c(ncn3CCCCN3CCOCC3)c2F)c(Cl)c1. The molecule has 0 bridgehead atoms. The van der Waals surface area contributed by atoms with Gasteiger partial charge in [-0.3, -0.25) is 14.5 Å². The third-order valence-electron chi connectivity index (χ3n) is 6.07. The van der Waals surface area contributed by atoms with Crippen molar-refractivity contribution in [2.45, 2.75) is 26.3 Å². The number of unbranched alkanes of at least 4 members (excludes halogenated alkanes) is 1. The Labute approximate surface area is 214 Å². The predicted molar refractivity (Wildman–Crippen MR) is 136 cm³/mol. The number of nitrogens with one attached hydrogen (secondary N) is 2. The lowest BCUT2D eigenvalue weighted by molar-refractivity contribution is 0.0169. The van der Waals surface area contributed by atoms with Crippen molar-refractivity contribution in [3.63, 3.8) is 0 Å². The molecular formula is C25H31ClFN5O4. The van der Waals surface area contributed by atoms with Crippen LogP contribution in [-0.4, -0.2) is 71.5 Å². The van der Waals surface area contributed by atoms with Crippen LogP contribution in [0.15, 0.2) is 30.6 Å². The number of aromatic nitrogens is 2. The number of amides is 1. The van der Waals surface area contributed by atoms with Crippen LogP contribution in [0.25, 0.3) is 11.0 Å². The summed E-state index contributed by atoms with van der Waals surface area (Å²) in [6, 6.07) is 6.89. The number of aliphatic hydroxyl groups is 1. The van der Waals surface area contributed by atoms with Gasteiger partial charge in [0.15, 0.2) is 5.82 Å². The molecule has 1 saturated heterocycles. The number of hydrogen-bond donors (Lipinski definition) is 3. The minimum atomic E-state index is -0.663. The number of rotatable bonds is 11. The quantitative estimate of drug-likeness (QED) is 0.262. The molecule has 3 aromatic rings. The standard InChI is InChI=1S/C25H31ClFN5O4/c1-17-4-5-20(19(26)14-17)29-23-18(25(34)30-36-13-10-33)15-21-24(22(23)27)28-16-32(21)7-3-2-6-31-8-11-35-12-9-31/h4-5,14-16,29,33H,2-3,6-13H2,1H3,(H,30,34). The van der Waals surface area contributed by atoms with Crippen molar-refractivity contribution in [1.29, 1.82) is 0 Å². The molecule has 9 nitrogen and oxygen atoms in total. The van der Waals surface area contributed by atoms with E-state index < -0.39 is 11.7 Å². The van der Waals surface area contributed by atoms with Gasteiger partial charge in [-0.25, -0.2) is 14.9 Å². The zero-order chi connectivity index (χ0) is 25.5. The third kappa shape index (κ3) is 6.32. The Morgan fingerprint density at radius 1 is 1.25 bits per heavy atom. The van der Waals surface area contributed by atoms with Crippen LogP contribution in [0, 0.1) is 12.7 Å². The highest BCUT2D eigenvalue weighted by atomic mass is 35.5. The Bertz CT molecular complexity index is 1200. The number of aryl methyl sites for hydroxylation is 2. The molecule has 1 aliphatic heterocycles. The van der Waals surface area contributed by atoms with Gasteiger partial charge in [-0.2, -0.15) is 0 Å². The monoisotopic (exact) mass is 519 g/mol. The van der Waals surface area contributed by atoms with Crippen molar-refractivity contribution < 1.29 is 23.9 Å². The Hall–Kier alpha value is -2.76. The van der Waals surface area contributed by atoms with Gasteiger partial charge < -0.3 is 19.7 Å². The van der Waals surface area contributed by atoms with Gasteiger partial charge in [0.2, 0.25) is 0 Å². The fourth-order valence-electron chi connectivity index (χ4n) is 4.15. The molecule has 1 amide bonds. The summed E-state index contributed by atoms with van der Waals surface area (Å²) in [5, 5.41) is 12.3. The van der Waals surface area contributed by atoms with Gasteiger partial charge in [0, 0.05) is 19.6 Å². The Kier molecular flexibility index (Phi) is 9.11. The van der Waals surface area contributed by atoms with E-state index in [0.717, 1.165) is 51.3 Å². The number of aliphatic hydroxyl groups excluding tert-OH is 1. The zero-order valence-corrected chi connectivity index (χ0v) is 21.0. The summed E-state index contributed by atoms with van der Waals surface area (Å²) in [5.74, 6) is -1.32. The highest BCUT2D eigenvalue weighted by Crippen LogP contribution is 2.33. The molecule has 1 aromatic heterocycles. The molecule has 0 saturated carbocycles. The zero-order valence-electron chi connectivity index (χ0n) is 20.2. The lowest BCUT2D eigenvalue weighted by atomic mass is 10.1. The molecule has 1 aliphatic rings. The molecule has 4 rings (SSSR count). The number of halogens is 2. The Morgan fingerprint density at radius 2 is 2.03 bits per heavy atom. The van der Waals surface area contributed by atoms with Crippen LogP contribution < -0.4 is 10.8 Å². The van der Waals surface area contributed by atoms with Crippen molar-refractivity contribution in [1.82, 2.24) is 19.9 Å². The van der Waals surface area contributed by atoms with Gasteiger partial charge in [0.25, 0.3) is 5.91 Å². The van der Waals surface area contributed by atoms with Gasteiger partial charge in [0.1, 0.15) is 5.52 Å². The number of hydroxylamine groups is 1. The van der Waals surface area contributed by atoms with Gasteiger partial charge in [0.05, 0.1) is 60.2 Å². The molecule has 2 heterocycles. The lowest BCUT2D eigenvalue weighted by Gasteiger charge is -2.26. The molecule has 1 fully saturated rings. The van der Waals surface area contributed by atoms with Crippen LogP contribution in [0.2, 0.25) is 5.02 Å². The Balaban J connectivity index is 1.58. The van der Waals surface area contributed by atoms with E-state index in [4.69, 9.17) is 26.3 Å². The van der Waals surface area contributed by atoms with Crippen molar-refractivity contribution in [2.75, 3.05) is 51.4 Å². The number of benzene rings is 2. The summed E-state index contributed by atoms with van der Waals surface area (Å²) in [6.07, 6.45) is 3.45. The first kappa shape index (κ1) is 26.3. The van der Waals surface area contributed by atoms with Crippen LogP contribution >= 0.6 is 11.6 Å². The maximum Gasteiger partial charge on any atom is 0.277 e. The van der Waals surface area contributed by atoms with Crippen molar-refractivity contribution in [3.05, 3.63) is 52.6 Å². The first-order chi connectivity index (χ1) is 17.5. The molecule has 0 atom stereocenters. The minimum absolute atomic E-state index is 0.0321. The average Bonchev–Trinajstić information content (AvgIpc) is 3.28. The number of nitrogens with zero attached hydrogens (tertiary/aromatic N) is 3. The van der Waals surface area contributed by atoms with Crippen LogP contribution in [-0.2, 0) is 16.1 Å². The maximum absolute atomic E-state index is 15.8. The predicted octanol–water partition coefficient (Wildman–Crippen LogP) is 3.65. The third-order valence-corrected chi connectivity index (χ3v) is 6.38.